The summed E-state index contributed by atoms with van der Waals surface area (Å²) >= 11 is 0. The van der Waals surface area contributed by atoms with Crippen molar-refractivity contribution < 1.29 is 38.9 Å². The summed E-state index contributed by atoms with van der Waals surface area (Å²) in [5.74, 6) is -1.31. The summed E-state index contributed by atoms with van der Waals surface area (Å²) in [6, 6.07) is 28.1. The molecule has 7 rings (SSSR count). The zero-order chi connectivity index (χ0) is 42.1. The van der Waals surface area contributed by atoms with E-state index >= 15 is 0 Å². The standard InChI is InChI=1S/C49H57N3O8/c1-4-27-57-49-44(52(3)47(55)37-22-21-34-17-9-10-18-35(34)28-37)31-42(51-58-5-2)40-29-36(19-11-13-25-53)39(20-12-14-26-54)45(46(40)49)41-30-38(23-24-43(41)60-49)59-48(56)50-32-33-15-7-6-8-16-33/h4,6-10,15-18,21-24,28-30,36,39,44-46,53-54H,1,5,11-14,19-20,25-27,31-32H2,2-3H3,(H,50,56). The second-order valence-corrected chi connectivity index (χ2v) is 15.9. The molecular weight excluding hydrogens is 759 g/mol. The summed E-state index contributed by atoms with van der Waals surface area (Å²) < 4.78 is 20.2. The van der Waals surface area contributed by atoms with Gasteiger partial charge in [-0.25, -0.2) is 4.79 Å². The summed E-state index contributed by atoms with van der Waals surface area (Å²) in [7, 11) is 1.80. The number of hydrogen-bond acceptors (Lipinski definition) is 9. The SMILES string of the molecule is C=CCOC12Oc3ccc(OC(=O)NCc4ccccc4)cc3C3C(CCCCO)C(CCCCO)C=C(C(=NOCC)CC1N(C)C(=O)c1ccc4ccccc4c1)C32. The number of fused-ring (bicyclic) bond motifs is 3. The number of ether oxygens (including phenoxy) is 3. The third kappa shape index (κ3) is 8.99. The van der Waals surface area contributed by atoms with Crippen LogP contribution in [0.15, 0.2) is 120 Å². The molecule has 6 unspecified atom stereocenters. The van der Waals surface area contributed by atoms with Crippen LogP contribution in [0, 0.1) is 17.8 Å². The Morgan fingerprint density at radius 1 is 0.950 bits per heavy atom. The topological polar surface area (TPSA) is 139 Å². The largest absolute Gasteiger partial charge is 0.459 e. The van der Waals surface area contributed by atoms with Gasteiger partial charge in [-0.3, -0.25) is 4.79 Å². The molecule has 1 aliphatic heterocycles. The number of carbonyl (C=O) groups is 2. The van der Waals surface area contributed by atoms with E-state index < -0.39 is 23.8 Å². The van der Waals surface area contributed by atoms with Crippen LogP contribution in [0.4, 0.5) is 4.79 Å². The van der Waals surface area contributed by atoms with Gasteiger partial charge in [-0.15, -0.1) is 6.58 Å². The lowest BCUT2D eigenvalue weighted by Gasteiger charge is -2.59. The highest BCUT2D eigenvalue weighted by molar-refractivity contribution is 6.04. The van der Waals surface area contributed by atoms with Crippen LogP contribution in [0.1, 0.15) is 79.3 Å². The van der Waals surface area contributed by atoms with Gasteiger partial charge in [-0.2, -0.15) is 0 Å². The highest BCUT2D eigenvalue weighted by Crippen LogP contribution is 2.62. The number of amides is 2. The van der Waals surface area contributed by atoms with Crippen molar-refractivity contribution in [3.8, 4) is 11.5 Å². The Balaban J connectivity index is 1.36. The Bertz CT molecular complexity index is 2190. The number of rotatable bonds is 18. The van der Waals surface area contributed by atoms with Gasteiger partial charge in [0.05, 0.1) is 18.2 Å². The van der Waals surface area contributed by atoms with E-state index in [9.17, 15) is 19.8 Å². The number of hydrogen-bond donors (Lipinski definition) is 3. The fraction of sp³-hybridized carbons (Fsp3) is 0.408. The summed E-state index contributed by atoms with van der Waals surface area (Å²) in [6.45, 7) is 6.89. The molecular formula is C49H57N3O8. The molecule has 0 radical (unpaired) electrons. The van der Waals surface area contributed by atoms with Crippen molar-refractivity contribution in [2.24, 2.45) is 22.9 Å². The van der Waals surface area contributed by atoms with Crippen LogP contribution in [0.2, 0.25) is 0 Å². The van der Waals surface area contributed by atoms with Crippen LogP contribution in [-0.2, 0) is 16.1 Å². The maximum absolute atomic E-state index is 14.7. The lowest BCUT2D eigenvalue weighted by atomic mass is 9.55. The molecule has 0 aromatic heterocycles. The van der Waals surface area contributed by atoms with E-state index in [1.807, 2.05) is 91.9 Å². The molecule has 1 fully saturated rings. The Morgan fingerprint density at radius 3 is 2.45 bits per heavy atom. The van der Waals surface area contributed by atoms with Crippen LogP contribution in [-0.4, -0.2) is 78.1 Å². The van der Waals surface area contributed by atoms with Gasteiger partial charge in [0.2, 0.25) is 5.79 Å². The summed E-state index contributed by atoms with van der Waals surface area (Å²) in [4.78, 5) is 35.5. The summed E-state index contributed by atoms with van der Waals surface area (Å²) in [5, 5.41) is 29.4. The van der Waals surface area contributed by atoms with Gasteiger partial charge in [0.25, 0.3) is 5.91 Å². The highest BCUT2D eigenvalue weighted by Gasteiger charge is 2.65. The third-order valence-electron chi connectivity index (χ3n) is 12.2. The number of allylic oxidation sites excluding steroid dienone is 1. The molecule has 0 saturated heterocycles. The van der Waals surface area contributed by atoms with Crippen molar-refractivity contribution in [2.75, 3.05) is 33.5 Å². The zero-order valence-corrected chi connectivity index (χ0v) is 34.6. The minimum absolute atomic E-state index is 0.0223. The molecule has 1 heterocycles. The van der Waals surface area contributed by atoms with Crippen LogP contribution in [0.25, 0.3) is 10.8 Å². The number of carbonyl (C=O) groups excluding carboxylic acids is 2. The van der Waals surface area contributed by atoms with Gasteiger partial charge >= 0.3 is 6.09 Å². The van der Waals surface area contributed by atoms with Gasteiger partial charge in [0.15, 0.2) is 0 Å². The van der Waals surface area contributed by atoms with Gasteiger partial charge in [0, 0.05) is 50.3 Å². The average Bonchev–Trinajstić information content (AvgIpc) is 3.27. The molecule has 3 N–H and O–H groups in total. The van der Waals surface area contributed by atoms with Crippen LogP contribution < -0.4 is 14.8 Å². The molecule has 3 aliphatic rings. The predicted octanol–water partition coefficient (Wildman–Crippen LogP) is 8.55. The van der Waals surface area contributed by atoms with E-state index in [0.29, 0.717) is 55.2 Å². The summed E-state index contributed by atoms with van der Waals surface area (Å²) in [6.07, 6.45) is 8.21. The Hall–Kier alpha value is -5.49. The number of likely N-dealkylation sites (N-methyl/N-ethyl adjacent to an activating group) is 1. The second kappa shape index (κ2) is 19.7. The first kappa shape index (κ1) is 42.6. The van der Waals surface area contributed by atoms with Gasteiger partial charge < -0.3 is 39.5 Å². The molecule has 0 spiro atoms. The third-order valence-corrected chi connectivity index (χ3v) is 12.2. The molecule has 11 nitrogen and oxygen atoms in total. The number of unbranched alkanes of at least 4 members (excludes halogenated alkanes) is 2. The average molecular weight is 816 g/mol. The van der Waals surface area contributed by atoms with Crippen molar-refractivity contribution >= 4 is 28.5 Å². The van der Waals surface area contributed by atoms with E-state index in [2.05, 4.69) is 18.0 Å². The molecule has 0 bridgehead atoms. The van der Waals surface area contributed by atoms with E-state index in [-0.39, 0.29) is 43.5 Å². The molecule has 316 valence electrons. The van der Waals surface area contributed by atoms with E-state index in [4.69, 9.17) is 24.2 Å². The Labute approximate surface area is 352 Å². The lowest BCUT2D eigenvalue weighted by Crippen LogP contribution is -2.69. The van der Waals surface area contributed by atoms with E-state index in [1.54, 1.807) is 24.1 Å². The second-order valence-electron chi connectivity index (χ2n) is 15.9. The number of benzene rings is 4. The predicted molar refractivity (Wildman–Crippen MR) is 232 cm³/mol. The molecule has 4 aromatic rings. The number of nitrogens with one attached hydrogen (secondary N) is 1. The first-order chi connectivity index (χ1) is 29.3. The van der Waals surface area contributed by atoms with Crippen molar-refractivity contribution in [1.29, 1.82) is 0 Å². The van der Waals surface area contributed by atoms with E-state index in [0.717, 1.165) is 53.2 Å². The van der Waals surface area contributed by atoms with Gasteiger partial charge in [-0.1, -0.05) is 90.8 Å². The minimum Gasteiger partial charge on any atom is -0.459 e. The maximum atomic E-state index is 14.7. The van der Waals surface area contributed by atoms with Crippen molar-refractivity contribution in [3.05, 3.63) is 132 Å². The molecule has 1 saturated carbocycles. The normalized spacial score (nSPS) is 23.4. The van der Waals surface area contributed by atoms with Crippen molar-refractivity contribution in [2.45, 2.75) is 76.2 Å². The minimum atomic E-state index is -1.40. The fourth-order valence-electron chi connectivity index (χ4n) is 9.51. The Morgan fingerprint density at radius 2 is 1.70 bits per heavy atom. The van der Waals surface area contributed by atoms with Crippen LogP contribution in [0.3, 0.4) is 0 Å². The smallest absolute Gasteiger partial charge is 0.412 e. The molecule has 4 aromatic carbocycles. The van der Waals surface area contributed by atoms with E-state index in [1.165, 1.54) is 0 Å². The zero-order valence-electron chi connectivity index (χ0n) is 34.6. The number of nitrogens with zero attached hydrogens (tertiary/aromatic N) is 2. The molecule has 2 aliphatic carbocycles. The highest BCUT2D eigenvalue weighted by atomic mass is 16.7. The van der Waals surface area contributed by atoms with Gasteiger partial charge in [-0.05, 0) is 96.7 Å². The molecule has 11 heteroatoms. The van der Waals surface area contributed by atoms with Crippen LogP contribution >= 0.6 is 0 Å². The number of aliphatic hydroxyl groups is 2. The van der Waals surface area contributed by atoms with Crippen LogP contribution in [0.5, 0.6) is 11.5 Å². The first-order valence-corrected chi connectivity index (χ1v) is 21.3. The maximum Gasteiger partial charge on any atom is 0.412 e. The molecule has 6 atom stereocenters. The number of aliphatic hydroxyl groups excluding tert-OH is 2. The number of oxime groups is 1. The van der Waals surface area contributed by atoms with Gasteiger partial charge in [0.1, 0.15) is 24.1 Å². The fourth-order valence-corrected chi connectivity index (χ4v) is 9.51. The van der Waals surface area contributed by atoms with Crippen molar-refractivity contribution in [1.82, 2.24) is 10.2 Å². The monoisotopic (exact) mass is 815 g/mol. The lowest BCUT2D eigenvalue weighted by molar-refractivity contribution is -0.252. The first-order valence-electron chi connectivity index (χ1n) is 21.3. The quantitative estimate of drug-likeness (QED) is 0.0516. The Kier molecular flexibility index (Phi) is 14.0. The summed E-state index contributed by atoms with van der Waals surface area (Å²) in [5.41, 5.74) is 4.00. The molecule has 2 amide bonds. The molecule has 60 heavy (non-hydrogen) atoms. The van der Waals surface area contributed by atoms with Crippen molar-refractivity contribution in [3.63, 3.8) is 0 Å².